The average Bonchev–Trinajstić information content (AvgIpc) is 2.47. The third kappa shape index (κ3) is 10.5. The second-order valence-corrected chi connectivity index (χ2v) is 4.48. The van der Waals surface area contributed by atoms with Gasteiger partial charge in [0.05, 0.1) is 0 Å². The molecule has 130 valence electrons. The number of rotatable bonds is 5. The van der Waals surface area contributed by atoms with Crippen LogP contribution in [0.4, 0.5) is 4.39 Å². The van der Waals surface area contributed by atoms with Gasteiger partial charge in [0.25, 0.3) is 5.91 Å². The maximum absolute atomic E-state index is 11.3. The van der Waals surface area contributed by atoms with Crippen molar-refractivity contribution in [3.8, 4) is 5.75 Å². The van der Waals surface area contributed by atoms with Gasteiger partial charge in [-0.05, 0) is 31.0 Å². The van der Waals surface area contributed by atoms with Gasteiger partial charge < -0.3 is 23.0 Å². The van der Waals surface area contributed by atoms with Gasteiger partial charge in [-0.2, -0.15) is 0 Å². The standard InChI is InChI=1S/C10H11NO4.C6H11F.CH3.Cs/c1-5-3-8(12)7(10(14)15)4-6(5)9(13)11-2;1-2-3-4-5-6-7;;/h3-4,12H,1-2H3,(H,11,13)(H,14,15);4-5H,2-3,6H2,1H3;1H3;/q;;-1;+1/b;5-4+;;. The van der Waals surface area contributed by atoms with Crippen molar-refractivity contribution in [1.82, 2.24) is 5.32 Å². The molecule has 1 amide bonds. The van der Waals surface area contributed by atoms with Gasteiger partial charge >= 0.3 is 74.9 Å². The zero-order chi connectivity index (χ0) is 17.1. The second kappa shape index (κ2) is 16.2. The van der Waals surface area contributed by atoms with Crippen molar-refractivity contribution < 1.29 is 93.1 Å². The number of halogens is 1. The van der Waals surface area contributed by atoms with Gasteiger partial charge in [0.15, 0.2) is 0 Å². The maximum atomic E-state index is 11.3. The van der Waals surface area contributed by atoms with Crippen LogP contribution in [-0.4, -0.2) is 35.8 Å². The molecule has 5 nitrogen and oxygen atoms in total. The van der Waals surface area contributed by atoms with E-state index in [1.165, 1.54) is 13.1 Å². The molecule has 0 unspecified atom stereocenters. The first-order valence-electron chi connectivity index (χ1n) is 6.88. The molecular weight excluding hydrogens is 434 g/mol. The minimum absolute atomic E-state index is 0. The molecule has 0 bridgehead atoms. The molecule has 1 rings (SSSR count). The fourth-order valence-electron chi connectivity index (χ4n) is 1.59. The van der Waals surface area contributed by atoms with E-state index in [-0.39, 0.29) is 106 Å². The molecule has 0 aromatic heterocycles. The van der Waals surface area contributed by atoms with E-state index in [4.69, 9.17) is 5.11 Å². The van der Waals surface area contributed by atoms with Crippen LogP contribution in [0, 0.1) is 14.4 Å². The van der Waals surface area contributed by atoms with E-state index in [2.05, 4.69) is 12.2 Å². The zero-order valence-corrected chi connectivity index (χ0v) is 21.3. The summed E-state index contributed by atoms with van der Waals surface area (Å²) in [6.45, 7) is 3.37. The summed E-state index contributed by atoms with van der Waals surface area (Å²) in [7, 11) is 1.45. The fourth-order valence-corrected chi connectivity index (χ4v) is 1.59. The fraction of sp³-hybridized carbons (Fsp3) is 0.353. The summed E-state index contributed by atoms with van der Waals surface area (Å²) >= 11 is 0. The molecule has 0 aliphatic rings. The van der Waals surface area contributed by atoms with Crippen molar-refractivity contribution in [2.45, 2.75) is 26.7 Å². The van der Waals surface area contributed by atoms with Gasteiger partial charge in [-0.3, -0.25) is 4.79 Å². The second-order valence-electron chi connectivity index (χ2n) is 4.48. The summed E-state index contributed by atoms with van der Waals surface area (Å²) < 4.78 is 11.2. The Labute approximate surface area is 202 Å². The number of benzene rings is 1. The first-order valence-corrected chi connectivity index (χ1v) is 6.88. The molecule has 0 aliphatic carbocycles. The van der Waals surface area contributed by atoms with Gasteiger partial charge in [0, 0.05) is 12.6 Å². The SMILES string of the molecule is CCC/C=C/CF.CNC(=O)c1cc(C(=O)O)c(O)cc1C.[CH3-].[Cs+]. The molecule has 0 fully saturated rings. The predicted molar refractivity (Wildman–Crippen MR) is 89.6 cm³/mol. The summed E-state index contributed by atoms with van der Waals surface area (Å²) in [4.78, 5) is 22.0. The minimum atomic E-state index is -1.27. The Balaban J connectivity index is -0.000000424. The normalized spacial score (nSPS) is 9.17. The van der Waals surface area contributed by atoms with Gasteiger partial charge in [0.2, 0.25) is 0 Å². The van der Waals surface area contributed by atoms with Crippen molar-refractivity contribution in [1.29, 1.82) is 0 Å². The Hall–Kier alpha value is -0.318. The Morgan fingerprint density at radius 2 is 1.83 bits per heavy atom. The first-order chi connectivity index (χ1) is 10.4. The number of hydrogen-bond donors (Lipinski definition) is 3. The number of phenols is 1. The number of carboxylic acid groups (broad SMARTS) is 1. The summed E-state index contributed by atoms with van der Waals surface area (Å²) in [5.41, 5.74) is 0.490. The number of carboxylic acids is 1. The number of carbonyl (C=O) groups is 2. The van der Waals surface area contributed by atoms with Crippen molar-refractivity contribution in [2.24, 2.45) is 0 Å². The Bertz CT molecular complexity index is 548. The number of aromatic carboxylic acids is 1. The van der Waals surface area contributed by atoms with E-state index in [0.29, 0.717) is 5.56 Å². The van der Waals surface area contributed by atoms with Crippen LogP contribution in [0.1, 0.15) is 46.0 Å². The van der Waals surface area contributed by atoms with E-state index in [1.54, 1.807) is 13.0 Å². The van der Waals surface area contributed by atoms with Crippen LogP contribution in [0.15, 0.2) is 24.3 Å². The average molecular weight is 459 g/mol. The van der Waals surface area contributed by atoms with Gasteiger partial charge in [-0.1, -0.05) is 25.5 Å². The molecule has 0 atom stereocenters. The number of aromatic hydroxyl groups is 1. The minimum Gasteiger partial charge on any atom is -0.507 e. The molecule has 1 aromatic rings. The number of hydrogen-bond acceptors (Lipinski definition) is 3. The van der Waals surface area contributed by atoms with Crippen LogP contribution in [0.5, 0.6) is 5.75 Å². The smallest absolute Gasteiger partial charge is 0.507 e. The number of amides is 1. The molecule has 0 aliphatic heterocycles. The molecule has 7 heteroatoms. The molecular formula is C17H25CsFNO4. The molecule has 0 saturated heterocycles. The monoisotopic (exact) mass is 459 g/mol. The number of unbranched alkanes of at least 4 members (excludes halogenated alkanes) is 1. The van der Waals surface area contributed by atoms with Crippen molar-refractivity contribution in [2.75, 3.05) is 13.7 Å². The maximum Gasteiger partial charge on any atom is 1.00 e. The number of allylic oxidation sites excluding steroid dienone is 2. The van der Waals surface area contributed by atoms with Gasteiger partial charge in [0.1, 0.15) is 18.0 Å². The Kier molecular flexibility index (Phi) is 19.2. The van der Waals surface area contributed by atoms with Crippen molar-refractivity contribution >= 4 is 11.9 Å². The third-order valence-electron chi connectivity index (χ3n) is 2.76. The third-order valence-corrected chi connectivity index (χ3v) is 2.76. The quantitative estimate of drug-likeness (QED) is 0.443. The number of nitrogens with one attached hydrogen (secondary N) is 1. The van der Waals surface area contributed by atoms with Crippen LogP contribution >= 0.6 is 0 Å². The summed E-state index contributed by atoms with van der Waals surface area (Å²) in [5, 5.41) is 20.5. The van der Waals surface area contributed by atoms with Gasteiger partial charge in [-0.25, -0.2) is 9.18 Å². The first kappa shape index (κ1) is 28.5. The molecule has 1 aromatic carbocycles. The van der Waals surface area contributed by atoms with E-state index < -0.39 is 5.97 Å². The van der Waals surface area contributed by atoms with Crippen LogP contribution in [-0.2, 0) is 0 Å². The molecule has 0 heterocycles. The van der Waals surface area contributed by atoms with E-state index in [0.717, 1.165) is 18.9 Å². The van der Waals surface area contributed by atoms with Crippen LogP contribution in [0.3, 0.4) is 0 Å². The summed E-state index contributed by atoms with van der Waals surface area (Å²) in [6, 6.07) is 2.42. The topological polar surface area (TPSA) is 86.6 Å². The van der Waals surface area contributed by atoms with Gasteiger partial charge in [-0.15, -0.1) is 0 Å². The molecule has 0 spiro atoms. The summed E-state index contributed by atoms with van der Waals surface area (Å²) in [6.07, 6.45) is 5.52. The largest absolute Gasteiger partial charge is 1.00 e. The van der Waals surface area contributed by atoms with E-state index in [9.17, 15) is 19.1 Å². The van der Waals surface area contributed by atoms with Crippen LogP contribution in [0.2, 0.25) is 0 Å². The molecule has 0 saturated carbocycles. The van der Waals surface area contributed by atoms with E-state index >= 15 is 0 Å². The summed E-state index contributed by atoms with van der Waals surface area (Å²) in [5.74, 6) is -1.99. The van der Waals surface area contributed by atoms with Crippen LogP contribution in [0.25, 0.3) is 0 Å². The number of carbonyl (C=O) groups excluding carboxylic acids is 1. The van der Waals surface area contributed by atoms with Crippen molar-refractivity contribution in [3.05, 3.63) is 48.4 Å². The molecule has 0 radical (unpaired) electrons. The van der Waals surface area contributed by atoms with Crippen molar-refractivity contribution in [3.63, 3.8) is 0 Å². The Morgan fingerprint density at radius 3 is 2.25 bits per heavy atom. The zero-order valence-electron chi connectivity index (χ0n) is 15.0. The molecule has 24 heavy (non-hydrogen) atoms. The number of alkyl halides is 1. The Morgan fingerprint density at radius 1 is 1.25 bits per heavy atom. The number of aryl methyl sites for hydroxylation is 1. The van der Waals surface area contributed by atoms with E-state index in [1.807, 2.05) is 6.08 Å². The molecule has 3 N–H and O–H groups in total. The predicted octanol–water partition coefficient (Wildman–Crippen LogP) is 0.525. The van der Waals surface area contributed by atoms with Crippen LogP contribution < -0.4 is 74.2 Å².